The molecule has 176 valence electrons. The summed E-state index contributed by atoms with van der Waals surface area (Å²) in [6, 6.07) is 8.83. The first-order valence-corrected chi connectivity index (χ1v) is 11.6. The van der Waals surface area contributed by atoms with Crippen LogP contribution in [0.2, 0.25) is 0 Å². The van der Waals surface area contributed by atoms with Crippen molar-refractivity contribution < 1.29 is 9.18 Å². The summed E-state index contributed by atoms with van der Waals surface area (Å²) >= 11 is 0. The van der Waals surface area contributed by atoms with E-state index in [1.54, 1.807) is 36.9 Å². The van der Waals surface area contributed by atoms with E-state index >= 15 is 0 Å². The van der Waals surface area contributed by atoms with Crippen molar-refractivity contribution in [1.29, 1.82) is 0 Å². The molecule has 0 fully saturated rings. The van der Waals surface area contributed by atoms with Gasteiger partial charge in [-0.05, 0) is 69.2 Å². The molecule has 1 unspecified atom stereocenters. The van der Waals surface area contributed by atoms with Crippen LogP contribution in [0.5, 0.6) is 0 Å². The van der Waals surface area contributed by atoms with Crippen molar-refractivity contribution in [2.45, 2.75) is 46.2 Å². The first-order valence-electron chi connectivity index (χ1n) is 11.6. The molecule has 0 radical (unpaired) electrons. The van der Waals surface area contributed by atoms with E-state index in [9.17, 15) is 9.18 Å². The number of carbonyl (C=O) groups is 1. The maximum atomic E-state index is 14.3. The van der Waals surface area contributed by atoms with Gasteiger partial charge in [-0.25, -0.2) is 9.07 Å². The van der Waals surface area contributed by atoms with Gasteiger partial charge in [-0.15, -0.1) is 0 Å². The number of anilines is 1. The van der Waals surface area contributed by atoms with Gasteiger partial charge in [0.05, 0.1) is 29.1 Å². The van der Waals surface area contributed by atoms with Gasteiger partial charge >= 0.3 is 0 Å². The second-order valence-electron chi connectivity index (χ2n) is 9.21. The predicted molar refractivity (Wildman–Crippen MR) is 131 cm³/mol. The maximum Gasteiger partial charge on any atom is 0.184 e. The van der Waals surface area contributed by atoms with E-state index < -0.39 is 6.04 Å². The number of benzene rings is 2. The van der Waals surface area contributed by atoms with E-state index in [2.05, 4.69) is 22.7 Å². The molecule has 0 amide bonds. The minimum atomic E-state index is -0.495. The summed E-state index contributed by atoms with van der Waals surface area (Å²) in [5.41, 5.74) is 5.55. The number of hydrogen-bond acceptors (Lipinski definition) is 5. The minimum Gasteiger partial charge on any atom is -0.360 e. The van der Waals surface area contributed by atoms with Crippen LogP contribution in [-0.4, -0.2) is 37.9 Å². The topological polar surface area (TPSA) is 76.8 Å². The molecule has 34 heavy (non-hydrogen) atoms. The number of nitrogens with zero attached hydrogens (tertiary/aromatic N) is 4. The van der Waals surface area contributed by atoms with Crippen LogP contribution in [0.3, 0.4) is 0 Å². The van der Waals surface area contributed by atoms with Crippen LogP contribution in [0.4, 0.5) is 10.2 Å². The molecule has 3 heterocycles. The fourth-order valence-electron chi connectivity index (χ4n) is 4.83. The Bertz CT molecular complexity index is 1400. The number of fused-ring (bicyclic) bond motifs is 2. The number of rotatable bonds is 5. The molecule has 2 atom stereocenters. The van der Waals surface area contributed by atoms with Gasteiger partial charge in [0.15, 0.2) is 5.78 Å². The summed E-state index contributed by atoms with van der Waals surface area (Å²) in [5, 5.41) is 17.0. The van der Waals surface area contributed by atoms with Crippen molar-refractivity contribution in [2.24, 2.45) is 7.05 Å². The fraction of sp³-hybridized carbons (Fsp3) is 0.346. The molecule has 2 aromatic heterocycles. The SMILES string of the molecule is Cc1cc(-n2nc3c(c2NC(C)C(=O)c2ccc4c(cnn4C)c2)[C@H](C)NCC3)cc(C)c1F. The average Bonchev–Trinajstić information content (AvgIpc) is 3.37. The van der Waals surface area contributed by atoms with E-state index in [1.807, 2.05) is 36.9 Å². The van der Waals surface area contributed by atoms with Crippen LogP contribution < -0.4 is 10.6 Å². The summed E-state index contributed by atoms with van der Waals surface area (Å²) in [7, 11) is 1.88. The summed E-state index contributed by atoms with van der Waals surface area (Å²) in [5.74, 6) is 0.540. The Balaban J connectivity index is 1.54. The fourth-order valence-corrected chi connectivity index (χ4v) is 4.83. The Labute approximate surface area is 198 Å². The van der Waals surface area contributed by atoms with Crippen LogP contribution in [0, 0.1) is 19.7 Å². The largest absolute Gasteiger partial charge is 0.360 e. The van der Waals surface area contributed by atoms with Crippen molar-refractivity contribution in [3.8, 4) is 5.69 Å². The Morgan fingerprint density at radius 1 is 1.24 bits per heavy atom. The summed E-state index contributed by atoms with van der Waals surface area (Å²) in [4.78, 5) is 13.4. The van der Waals surface area contributed by atoms with Crippen molar-refractivity contribution in [3.05, 3.63) is 70.3 Å². The van der Waals surface area contributed by atoms with E-state index in [0.29, 0.717) is 16.7 Å². The average molecular weight is 461 g/mol. The lowest BCUT2D eigenvalue weighted by Gasteiger charge is -2.23. The lowest BCUT2D eigenvalue weighted by Crippen LogP contribution is -2.31. The normalized spacial score (nSPS) is 16.5. The maximum absolute atomic E-state index is 14.3. The summed E-state index contributed by atoms with van der Waals surface area (Å²) in [6.45, 7) is 8.31. The Morgan fingerprint density at radius 3 is 2.71 bits per heavy atom. The molecule has 0 bridgehead atoms. The van der Waals surface area contributed by atoms with Gasteiger partial charge in [0.1, 0.15) is 11.6 Å². The number of hydrogen-bond donors (Lipinski definition) is 2. The number of carbonyl (C=O) groups excluding carboxylic acids is 1. The molecule has 4 aromatic rings. The molecular formula is C26H29FN6O. The van der Waals surface area contributed by atoms with E-state index in [-0.39, 0.29) is 17.6 Å². The van der Waals surface area contributed by atoms with Crippen molar-refractivity contribution in [1.82, 2.24) is 24.9 Å². The van der Waals surface area contributed by atoms with Gasteiger partial charge < -0.3 is 10.6 Å². The van der Waals surface area contributed by atoms with Crippen LogP contribution in [0.15, 0.2) is 36.5 Å². The summed E-state index contributed by atoms with van der Waals surface area (Å²) < 4.78 is 17.9. The second kappa shape index (κ2) is 8.36. The van der Waals surface area contributed by atoms with E-state index in [4.69, 9.17) is 5.10 Å². The molecule has 0 aliphatic carbocycles. The smallest absolute Gasteiger partial charge is 0.184 e. The highest BCUT2D eigenvalue weighted by Gasteiger charge is 2.29. The first-order chi connectivity index (χ1) is 16.2. The predicted octanol–water partition coefficient (Wildman–Crippen LogP) is 4.40. The number of ketones is 1. The van der Waals surface area contributed by atoms with Gasteiger partial charge in [0.25, 0.3) is 0 Å². The highest BCUT2D eigenvalue weighted by atomic mass is 19.1. The minimum absolute atomic E-state index is 0.0184. The van der Waals surface area contributed by atoms with Crippen LogP contribution >= 0.6 is 0 Å². The van der Waals surface area contributed by atoms with Crippen molar-refractivity contribution in [3.63, 3.8) is 0 Å². The zero-order valence-corrected chi connectivity index (χ0v) is 20.1. The van der Waals surface area contributed by atoms with E-state index in [0.717, 1.165) is 46.6 Å². The molecule has 0 saturated carbocycles. The molecule has 5 rings (SSSR count). The molecule has 0 spiro atoms. The molecule has 2 aromatic carbocycles. The lowest BCUT2D eigenvalue weighted by atomic mass is 10.0. The molecule has 0 saturated heterocycles. The first kappa shape index (κ1) is 22.3. The van der Waals surface area contributed by atoms with Gasteiger partial charge in [0.2, 0.25) is 0 Å². The molecular weight excluding hydrogens is 431 g/mol. The highest BCUT2D eigenvalue weighted by molar-refractivity contribution is 6.03. The highest BCUT2D eigenvalue weighted by Crippen LogP contribution is 2.33. The molecule has 1 aliphatic heterocycles. The third kappa shape index (κ3) is 3.68. The van der Waals surface area contributed by atoms with Crippen LogP contribution in [0.25, 0.3) is 16.6 Å². The van der Waals surface area contributed by atoms with Crippen LogP contribution in [0.1, 0.15) is 52.6 Å². The number of aromatic nitrogens is 4. The van der Waals surface area contributed by atoms with Gasteiger partial charge in [-0.3, -0.25) is 9.48 Å². The Morgan fingerprint density at radius 2 is 1.97 bits per heavy atom. The number of Topliss-reactive ketones (excluding diaryl/α,β-unsaturated/α-hetero) is 1. The van der Waals surface area contributed by atoms with Crippen molar-refractivity contribution in [2.75, 3.05) is 11.9 Å². The van der Waals surface area contributed by atoms with Gasteiger partial charge in [-0.2, -0.15) is 10.2 Å². The lowest BCUT2D eigenvalue weighted by molar-refractivity contribution is 0.0975. The van der Waals surface area contributed by atoms with Crippen LogP contribution in [-0.2, 0) is 13.5 Å². The number of aryl methyl sites for hydroxylation is 3. The zero-order valence-electron chi connectivity index (χ0n) is 20.1. The number of halogens is 1. The molecule has 2 N–H and O–H groups in total. The van der Waals surface area contributed by atoms with E-state index in [1.165, 1.54) is 0 Å². The third-order valence-corrected chi connectivity index (χ3v) is 6.69. The van der Waals surface area contributed by atoms with Gasteiger partial charge in [-0.1, -0.05) is 0 Å². The zero-order chi connectivity index (χ0) is 24.1. The molecule has 8 heteroatoms. The standard InChI is InChI=1S/C26H29FN6O/c1-14-10-20(11-15(2)24(14)27)33-26(23-16(3)28-9-8-21(23)31-33)30-17(4)25(34)18-6-7-22-19(12-18)13-29-32(22)5/h6-7,10-13,16-17,28,30H,8-9H2,1-5H3/t16-,17?/m0/s1. The Kier molecular flexibility index (Phi) is 5.48. The second-order valence-corrected chi connectivity index (χ2v) is 9.21. The summed E-state index contributed by atoms with van der Waals surface area (Å²) in [6.07, 6.45) is 2.56. The third-order valence-electron chi connectivity index (χ3n) is 6.69. The number of nitrogens with one attached hydrogen (secondary N) is 2. The molecule has 1 aliphatic rings. The Hall–Kier alpha value is -3.52. The quantitative estimate of drug-likeness (QED) is 0.432. The molecule has 7 nitrogen and oxygen atoms in total. The monoisotopic (exact) mass is 460 g/mol. The van der Waals surface area contributed by atoms with Gasteiger partial charge in [0, 0.05) is 42.6 Å². The van der Waals surface area contributed by atoms with Crippen molar-refractivity contribution >= 4 is 22.5 Å².